The number of nitrogen functional groups attached to an aromatic ring is 1. The molecule has 0 saturated heterocycles. The van der Waals surface area contributed by atoms with Crippen LogP contribution in [0.1, 0.15) is 75.0 Å². The van der Waals surface area contributed by atoms with Crippen molar-refractivity contribution in [3.63, 3.8) is 0 Å². The molecule has 8 heteroatoms. The van der Waals surface area contributed by atoms with E-state index in [0.29, 0.717) is 0 Å². The summed E-state index contributed by atoms with van der Waals surface area (Å²) in [6.45, 7) is 10.3. The Morgan fingerprint density at radius 3 is 1.88 bits per heavy atom. The van der Waals surface area contributed by atoms with Gasteiger partial charge in [0.15, 0.2) is 0 Å². The predicted octanol–water partition coefficient (Wildman–Crippen LogP) is 11.4. The Labute approximate surface area is 337 Å². The summed E-state index contributed by atoms with van der Waals surface area (Å²) < 4.78 is 2.29. The van der Waals surface area contributed by atoms with E-state index in [-0.39, 0.29) is 0 Å². The molecule has 57 heavy (non-hydrogen) atoms. The van der Waals surface area contributed by atoms with Crippen LogP contribution in [0.4, 0.5) is 34.1 Å². The number of nitrogens with two attached hydrogens (primary N) is 2. The second-order valence-corrected chi connectivity index (χ2v) is 15.4. The standard InChI is InChI=1S/C49H56N8/c1-33-26-38(22-23-40(33)50)55-44-28-35(3)42(31-45(44)54-37-18-12-10-13-19-37)52-24-16-8-6-5-7-9-17-25-53-43-32-49-47(29-36(43)4)56-46-27-34(2)41(51)30-48(46)57(49)39-20-14-11-15-21-39/h10-15,18-21,23,26-32,52,54H,5-9,16-17,22,24-25,50H2,1-4H3,(H2,51,53)/p+1. The lowest BCUT2D eigenvalue weighted by atomic mass is 10.0. The van der Waals surface area contributed by atoms with Crippen LogP contribution in [0.5, 0.6) is 0 Å². The largest absolute Gasteiger partial charge is 0.399 e. The number of nitrogens with zero attached hydrogens (tertiary/aromatic N) is 3. The van der Waals surface area contributed by atoms with Crippen molar-refractivity contribution in [2.45, 2.75) is 79.1 Å². The molecule has 7 rings (SSSR count). The first-order valence-electron chi connectivity index (χ1n) is 20.5. The summed E-state index contributed by atoms with van der Waals surface area (Å²) in [6, 6.07) is 33.8. The van der Waals surface area contributed by atoms with E-state index in [0.717, 1.165) is 117 Å². The van der Waals surface area contributed by atoms with Gasteiger partial charge in [0.05, 0.1) is 11.4 Å². The number of para-hydroxylation sites is 2. The van der Waals surface area contributed by atoms with Crippen LogP contribution < -0.4 is 32.0 Å². The van der Waals surface area contributed by atoms with Crippen LogP contribution in [0.2, 0.25) is 0 Å². The van der Waals surface area contributed by atoms with E-state index in [1.54, 1.807) is 0 Å². The molecule has 0 fully saturated rings. The number of unbranched alkanes of at least 4 members (excludes halogenated alkanes) is 6. The van der Waals surface area contributed by atoms with E-state index in [4.69, 9.17) is 21.4 Å². The Bertz CT molecular complexity index is 2450. The lowest BCUT2D eigenvalue weighted by molar-refractivity contribution is -0.538. The molecule has 0 unspecified atom stereocenters. The topological polar surface area (TPSA) is 117 Å². The van der Waals surface area contributed by atoms with Gasteiger partial charge in [-0.1, -0.05) is 74.6 Å². The Hall–Kier alpha value is -6.15. The molecule has 292 valence electrons. The summed E-state index contributed by atoms with van der Waals surface area (Å²) in [7, 11) is 0. The normalized spacial score (nSPS) is 13.5. The predicted molar refractivity (Wildman–Crippen MR) is 243 cm³/mol. The molecule has 0 aliphatic heterocycles. The van der Waals surface area contributed by atoms with Gasteiger partial charge in [-0.15, -0.1) is 4.57 Å². The molecule has 0 bridgehead atoms. The molecule has 1 aromatic heterocycles. The monoisotopic (exact) mass is 757 g/mol. The molecule has 0 saturated carbocycles. The first-order valence-corrected chi connectivity index (χ1v) is 20.5. The minimum absolute atomic E-state index is 0.733. The minimum atomic E-state index is 0.733. The van der Waals surface area contributed by atoms with Crippen LogP contribution in [-0.2, 0) is 0 Å². The van der Waals surface area contributed by atoms with Gasteiger partial charge in [0, 0.05) is 77.9 Å². The van der Waals surface area contributed by atoms with Gasteiger partial charge in [-0.25, -0.2) is 4.98 Å². The number of anilines is 5. The van der Waals surface area contributed by atoms with Gasteiger partial charge in [-0.2, -0.15) is 0 Å². The minimum Gasteiger partial charge on any atom is -0.399 e. The van der Waals surface area contributed by atoms with Crippen LogP contribution in [0.3, 0.4) is 0 Å². The molecule has 1 aliphatic rings. The zero-order chi connectivity index (χ0) is 39.7. The van der Waals surface area contributed by atoms with Crippen molar-refractivity contribution in [1.82, 2.24) is 4.98 Å². The van der Waals surface area contributed by atoms with Gasteiger partial charge in [0.1, 0.15) is 11.0 Å². The van der Waals surface area contributed by atoms with Crippen molar-refractivity contribution in [1.29, 1.82) is 0 Å². The number of nitrogens with one attached hydrogen (secondary N) is 3. The summed E-state index contributed by atoms with van der Waals surface area (Å²) in [5, 5.41) is 11.1. The second kappa shape index (κ2) is 18.2. The number of hydrogen-bond acceptors (Lipinski definition) is 7. The third kappa shape index (κ3) is 9.63. The third-order valence-corrected chi connectivity index (χ3v) is 10.9. The number of benzene rings is 5. The molecular formula is C49H57N8+. The fourth-order valence-corrected chi connectivity index (χ4v) is 7.55. The SMILES string of the molecule is CC1=CC(=Nc2cc(C)c(NCCCCCCCCCNc3cc4c(cc3C)nc3cc(C)c(N)cc3[n+]4-c3ccccc3)cc2Nc2ccccc2)CC=C1N. The molecule has 0 spiro atoms. The number of aryl methyl sites for hydroxylation is 3. The highest BCUT2D eigenvalue weighted by Gasteiger charge is 2.22. The zero-order valence-corrected chi connectivity index (χ0v) is 34.0. The average molecular weight is 758 g/mol. The highest BCUT2D eigenvalue weighted by Crippen LogP contribution is 2.35. The van der Waals surface area contributed by atoms with Crippen molar-refractivity contribution in [3.05, 3.63) is 137 Å². The quantitative estimate of drug-likeness (QED) is 0.0290. The van der Waals surface area contributed by atoms with Crippen LogP contribution in [0, 0.1) is 20.8 Å². The average Bonchev–Trinajstić information content (AvgIpc) is 3.20. The fraction of sp³-hybridized carbons (Fsp3) is 0.286. The summed E-state index contributed by atoms with van der Waals surface area (Å²) in [5.74, 6) is 0. The van der Waals surface area contributed by atoms with E-state index < -0.39 is 0 Å². The molecule has 0 radical (unpaired) electrons. The van der Waals surface area contributed by atoms with E-state index in [1.165, 1.54) is 43.2 Å². The molecule has 7 N–H and O–H groups in total. The van der Waals surface area contributed by atoms with Crippen molar-refractivity contribution >= 4 is 61.9 Å². The summed E-state index contributed by atoms with van der Waals surface area (Å²) in [6.07, 6.45) is 13.4. The van der Waals surface area contributed by atoms with E-state index >= 15 is 0 Å². The van der Waals surface area contributed by atoms with Gasteiger partial charge < -0.3 is 27.4 Å². The molecule has 5 aromatic carbocycles. The maximum absolute atomic E-state index is 6.39. The molecule has 8 nitrogen and oxygen atoms in total. The molecule has 1 heterocycles. The van der Waals surface area contributed by atoms with Crippen molar-refractivity contribution in [2.24, 2.45) is 10.7 Å². The summed E-state index contributed by atoms with van der Waals surface area (Å²) in [4.78, 5) is 10.1. The van der Waals surface area contributed by atoms with Gasteiger partial charge in [0.2, 0.25) is 16.7 Å². The number of fused-ring (bicyclic) bond motifs is 2. The number of hydrogen-bond donors (Lipinski definition) is 5. The van der Waals surface area contributed by atoms with Gasteiger partial charge in [0.25, 0.3) is 0 Å². The van der Waals surface area contributed by atoms with Gasteiger partial charge in [-0.05, 0) is 105 Å². The van der Waals surface area contributed by atoms with Crippen LogP contribution in [0.15, 0.2) is 125 Å². The maximum Gasteiger partial charge on any atom is 0.239 e. The fourth-order valence-electron chi connectivity index (χ4n) is 7.55. The first-order chi connectivity index (χ1) is 27.7. The Morgan fingerprint density at radius 1 is 0.632 bits per heavy atom. The van der Waals surface area contributed by atoms with Crippen LogP contribution in [-0.4, -0.2) is 23.8 Å². The third-order valence-electron chi connectivity index (χ3n) is 10.9. The van der Waals surface area contributed by atoms with E-state index in [2.05, 4.69) is 113 Å². The highest BCUT2D eigenvalue weighted by molar-refractivity contribution is 6.01. The molecular weight excluding hydrogens is 701 g/mol. The molecule has 1 aliphatic carbocycles. The Kier molecular flexibility index (Phi) is 12.5. The lowest BCUT2D eigenvalue weighted by Gasteiger charge is -2.17. The molecule has 0 amide bonds. The smallest absolute Gasteiger partial charge is 0.239 e. The maximum atomic E-state index is 6.39. The Balaban J connectivity index is 0.884. The number of aromatic nitrogens is 2. The van der Waals surface area contributed by atoms with Crippen LogP contribution >= 0.6 is 0 Å². The van der Waals surface area contributed by atoms with Gasteiger partial charge >= 0.3 is 0 Å². The van der Waals surface area contributed by atoms with Crippen molar-refractivity contribution in [2.75, 3.05) is 34.8 Å². The Morgan fingerprint density at radius 2 is 1.21 bits per heavy atom. The zero-order valence-electron chi connectivity index (χ0n) is 34.0. The molecule has 0 atom stereocenters. The summed E-state index contributed by atoms with van der Waals surface area (Å²) in [5.41, 5.74) is 30.0. The summed E-state index contributed by atoms with van der Waals surface area (Å²) >= 11 is 0. The second-order valence-electron chi connectivity index (χ2n) is 15.4. The molecule has 6 aromatic rings. The van der Waals surface area contributed by atoms with Crippen molar-refractivity contribution in [3.8, 4) is 5.69 Å². The number of rotatable bonds is 16. The van der Waals surface area contributed by atoms with E-state index in [9.17, 15) is 0 Å². The van der Waals surface area contributed by atoms with Crippen molar-refractivity contribution < 1.29 is 4.57 Å². The van der Waals surface area contributed by atoms with Crippen LogP contribution in [0.25, 0.3) is 27.8 Å². The van der Waals surface area contributed by atoms with E-state index in [1.807, 2.05) is 44.2 Å². The lowest BCUT2D eigenvalue weighted by Crippen LogP contribution is -2.33. The first kappa shape index (κ1) is 39.1. The number of allylic oxidation sites excluding steroid dienone is 3. The van der Waals surface area contributed by atoms with Gasteiger partial charge in [-0.3, -0.25) is 4.99 Å². The number of aliphatic imine (C=N–C) groups is 1. The highest BCUT2D eigenvalue weighted by atomic mass is 15.0.